The van der Waals surface area contributed by atoms with Crippen LogP contribution in [-0.2, 0) is 17.1 Å². The van der Waals surface area contributed by atoms with E-state index in [1.807, 2.05) is 6.92 Å². The van der Waals surface area contributed by atoms with Crippen molar-refractivity contribution in [1.82, 2.24) is 14.0 Å². The maximum atomic E-state index is 12.4. The van der Waals surface area contributed by atoms with Gasteiger partial charge in [-0.1, -0.05) is 0 Å². The molecule has 9 heteroatoms. The Morgan fingerprint density at radius 1 is 1.18 bits per heavy atom. The van der Waals surface area contributed by atoms with Crippen LogP contribution in [-0.4, -0.2) is 23.2 Å². The number of fused-ring (bicyclic) bond motifs is 1. The van der Waals surface area contributed by atoms with Crippen LogP contribution in [0.25, 0.3) is 11.0 Å². The number of nitrogens with zero attached hydrogens (tertiary/aromatic N) is 2. The van der Waals surface area contributed by atoms with Crippen molar-refractivity contribution in [1.29, 1.82) is 0 Å². The summed E-state index contributed by atoms with van der Waals surface area (Å²) in [5.41, 5.74) is -1.52. The number of nitrogen functional groups attached to an aromatic ring is 1. The first-order valence-electron chi connectivity index (χ1n) is 6.69. The average molecular weight is 324 g/mol. The number of hydrogen-bond acceptors (Lipinski definition) is 5. The van der Waals surface area contributed by atoms with Crippen LogP contribution in [0.3, 0.4) is 0 Å². The fourth-order valence-corrected chi connectivity index (χ4v) is 3.77. The predicted molar refractivity (Wildman–Crippen MR) is 81.6 cm³/mol. The molecule has 22 heavy (non-hydrogen) atoms. The number of rotatable bonds is 3. The Hall–Kier alpha value is -2.13. The summed E-state index contributed by atoms with van der Waals surface area (Å²) >= 11 is 0. The van der Waals surface area contributed by atoms with Crippen molar-refractivity contribution in [2.45, 2.75) is 30.2 Å². The Balaban J connectivity index is 2.22. The molecule has 0 unspecified atom stereocenters. The van der Waals surface area contributed by atoms with Crippen molar-refractivity contribution in [2.24, 2.45) is 7.05 Å². The largest absolute Gasteiger partial charge is 0.336 e. The fourth-order valence-electron chi connectivity index (χ4n) is 2.28. The second-order valence-electron chi connectivity index (χ2n) is 5.86. The molecule has 118 valence electrons. The highest BCUT2D eigenvalue weighted by molar-refractivity contribution is 7.89. The van der Waals surface area contributed by atoms with Gasteiger partial charge in [0.05, 0.1) is 15.9 Å². The average Bonchev–Trinajstić information content (AvgIpc) is 3.18. The van der Waals surface area contributed by atoms with E-state index >= 15 is 0 Å². The Labute approximate surface area is 126 Å². The first-order valence-corrected chi connectivity index (χ1v) is 8.18. The molecule has 3 N–H and O–H groups in total. The van der Waals surface area contributed by atoms with Crippen LogP contribution in [0.15, 0.2) is 32.7 Å². The summed E-state index contributed by atoms with van der Waals surface area (Å²) in [6, 6.07) is 4.12. The smallest absolute Gasteiger partial charge is 0.335 e. The van der Waals surface area contributed by atoms with Crippen molar-refractivity contribution in [3.05, 3.63) is 38.9 Å². The van der Waals surface area contributed by atoms with Gasteiger partial charge in [-0.05, 0) is 38.0 Å². The van der Waals surface area contributed by atoms with E-state index in [0.29, 0.717) is 0 Å². The fraction of sp³-hybridized carbons (Fsp3) is 0.385. The summed E-state index contributed by atoms with van der Waals surface area (Å²) in [4.78, 5) is 23.5. The Bertz CT molecular complexity index is 999. The third-order valence-corrected chi connectivity index (χ3v) is 5.60. The third kappa shape index (κ3) is 2.22. The van der Waals surface area contributed by atoms with E-state index in [2.05, 4.69) is 4.72 Å². The van der Waals surface area contributed by atoms with Crippen molar-refractivity contribution >= 4 is 21.1 Å². The van der Waals surface area contributed by atoms with Gasteiger partial charge in [-0.3, -0.25) is 9.59 Å². The van der Waals surface area contributed by atoms with Gasteiger partial charge in [0.25, 0.3) is 0 Å². The molecule has 2 aromatic rings. The molecule has 0 bridgehead atoms. The number of aryl methyl sites for hydroxylation is 1. The molecule has 1 aromatic carbocycles. The predicted octanol–water partition coefficient (Wildman–Crippen LogP) is -0.755. The summed E-state index contributed by atoms with van der Waals surface area (Å²) < 4.78 is 29.2. The quantitative estimate of drug-likeness (QED) is 0.569. The van der Waals surface area contributed by atoms with Gasteiger partial charge in [-0.25, -0.2) is 17.8 Å². The second kappa shape index (κ2) is 4.43. The molecule has 1 aromatic heterocycles. The minimum atomic E-state index is -3.69. The standard InChI is InChI=1S/C13H16N4O4S/c1-13(5-6-13)15-22(20,21)8-3-4-9-10(7-8)16(2)11(18)12(19)17(9)14/h3-4,7,15H,5-6,14H2,1-2H3. The van der Waals surface area contributed by atoms with Gasteiger partial charge in [-0.15, -0.1) is 0 Å². The molecule has 0 spiro atoms. The SMILES string of the molecule is Cn1c(=O)c(=O)n(N)c2ccc(S(=O)(=O)NC3(C)CC3)cc21. The lowest BCUT2D eigenvalue weighted by atomic mass is 10.3. The van der Waals surface area contributed by atoms with Crippen LogP contribution in [0.2, 0.25) is 0 Å². The van der Waals surface area contributed by atoms with E-state index in [4.69, 9.17) is 5.84 Å². The first kappa shape index (κ1) is 14.8. The highest BCUT2D eigenvalue weighted by Gasteiger charge is 2.41. The van der Waals surface area contributed by atoms with Gasteiger partial charge in [0.2, 0.25) is 10.0 Å². The molecule has 1 heterocycles. The van der Waals surface area contributed by atoms with Gasteiger partial charge in [0.1, 0.15) is 0 Å². The van der Waals surface area contributed by atoms with E-state index in [1.165, 1.54) is 25.2 Å². The summed E-state index contributed by atoms with van der Waals surface area (Å²) in [6.45, 7) is 1.83. The van der Waals surface area contributed by atoms with Crippen molar-refractivity contribution < 1.29 is 8.42 Å². The van der Waals surface area contributed by atoms with E-state index in [9.17, 15) is 18.0 Å². The zero-order valence-corrected chi connectivity index (χ0v) is 13.0. The molecule has 8 nitrogen and oxygen atoms in total. The molecule has 0 aliphatic heterocycles. The monoisotopic (exact) mass is 324 g/mol. The molecule has 1 aliphatic carbocycles. The van der Waals surface area contributed by atoms with E-state index in [-0.39, 0.29) is 15.9 Å². The molecule has 0 amide bonds. The molecule has 0 radical (unpaired) electrons. The minimum absolute atomic E-state index is 0.0294. The van der Waals surface area contributed by atoms with Crippen LogP contribution in [0.5, 0.6) is 0 Å². The van der Waals surface area contributed by atoms with Crippen LogP contribution < -0.4 is 21.7 Å². The maximum Gasteiger partial charge on any atom is 0.335 e. The highest BCUT2D eigenvalue weighted by Crippen LogP contribution is 2.36. The van der Waals surface area contributed by atoms with Crippen molar-refractivity contribution in [3.8, 4) is 0 Å². The van der Waals surface area contributed by atoms with E-state index < -0.39 is 26.7 Å². The molecule has 0 atom stereocenters. The lowest BCUT2D eigenvalue weighted by Crippen LogP contribution is -2.43. The Morgan fingerprint density at radius 3 is 2.41 bits per heavy atom. The van der Waals surface area contributed by atoms with Crippen LogP contribution >= 0.6 is 0 Å². The van der Waals surface area contributed by atoms with Crippen molar-refractivity contribution in [3.63, 3.8) is 0 Å². The topological polar surface area (TPSA) is 116 Å². The summed E-state index contributed by atoms with van der Waals surface area (Å²) in [7, 11) is -2.29. The number of benzene rings is 1. The van der Waals surface area contributed by atoms with Crippen LogP contribution in [0.1, 0.15) is 19.8 Å². The third-order valence-electron chi connectivity index (χ3n) is 3.97. The lowest BCUT2D eigenvalue weighted by Gasteiger charge is -2.14. The number of sulfonamides is 1. The normalized spacial score (nSPS) is 16.8. The zero-order valence-electron chi connectivity index (χ0n) is 12.2. The Morgan fingerprint density at radius 2 is 1.82 bits per heavy atom. The van der Waals surface area contributed by atoms with Gasteiger partial charge in [-0.2, -0.15) is 0 Å². The minimum Gasteiger partial charge on any atom is -0.336 e. The van der Waals surface area contributed by atoms with E-state index in [0.717, 1.165) is 22.1 Å². The number of aromatic nitrogens is 2. The van der Waals surface area contributed by atoms with Gasteiger partial charge in [0.15, 0.2) is 0 Å². The highest BCUT2D eigenvalue weighted by atomic mass is 32.2. The van der Waals surface area contributed by atoms with Crippen LogP contribution in [0, 0.1) is 0 Å². The summed E-state index contributed by atoms with van der Waals surface area (Å²) in [6.07, 6.45) is 1.58. The van der Waals surface area contributed by atoms with Crippen molar-refractivity contribution in [2.75, 3.05) is 5.84 Å². The molecule has 1 saturated carbocycles. The molecular weight excluding hydrogens is 308 g/mol. The van der Waals surface area contributed by atoms with Gasteiger partial charge in [0, 0.05) is 12.6 Å². The van der Waals surface area contributed by atoms with Crippen LogP contribution in [0.4, 0.5) is 0 Å². The first-order chi connectivity index (χ1) is 10.1. The van der Waals surface area contributed by atoms with E-state index in [1.54, 1.807) is 0 Å². The summed E-state index contributed by atoms with van der Waals surface area (Å²) in [5.74, 6) is 5.58. The molecular formula is C13H16N4O4S. The molecule has 1 aliphatic rings. The Kier molecular flexibility index (Phi) is 2.98. The molecule has 1 fully saturated rings. The molecule has 0 saturated heterocycles. The van der Waals surface area contributed by atoms with Gasteiger partial charge < -0.3 is 10.4 Å². The zero-order chi connectivity index (χ0) is 16.3. The number of nitrogens with one attached hydrogen (secondary N) is 1. The number of hydrogen-bond donors (Lipinski definition) is 2. The van der Waals surface area contributed by atoms with Gasteiger partial charge >= 0.3 is 11.1 Å². The lowest BCUT2D eigenvalue weighted by molar-refractivity contribution is 0.558. The number of nitrogens with two attached hydrogens (primary N) is 1. The summed E-state index contributed by atoms with van der Waals surface area (Å²) in [5, 5.41) is 0. The second-order valence-corrected chi connectivity index (χ2v) is 7.54. The maximum absolute atomic E-state index is 12.4. The molecule has 3 rings (SSSR count).